The molecule has 25 heavy (non-hydrogen) atoms. The lowest BCUT2D eigenvalue weighted by atomic mass is 10.0. The molecule has 1 aromatic heterocycles. The lowest BCUT2D eigenvalue weighted by molar-refractivity contribution is 0.188. The van der Waals surface area contributed by atoms with E-state index < -0.39 is 0 Å². The largest absolute Gasteiger partial charge is 0.353 e. The molecule has 0 radical (unpaired) electrons. The molecule has 2 fully saturated rings. The van der Waals surface area contributed by atoms with Gasteiger partial charge in [0.05, 0.1) is 5.54 Å². The molecule has 1 aliphatic carbocycles. The second-order valence-corrected chi connectivity index (χ2v) is 7.04. The van der Waals surface area contributed by atoms with E-state index in [0.717, 1.165) is 44.8 Å². The van der Waals surface area contributed by atoms with Crippen LogP contribution in [0.25, 0.3) is 0 Å². The standard InChI is InChI=1S/C20H24N4O/c1-16-5-7-17(8-6-16)20(9-10-20)22-19(25)24-14-12-23(13-15-24)18-4-2-3-11-21-18/h2-8,11H,9-10,12-15H2,1H3,(H,22,25). The molecule has 2 aromatic rings. The molecule has 1 aromatic carbocycles. The summed E-state index contributed by atoms with van der Waals surface area (Å²) in [5.74, 6) is 0.987. The molecular weight excluding hydrogens is 312 g/mol. The van der Waals surface area contributed by atoms with E-state index in [-0.39, 0.29) is 11.6 Å². The van der Waals surface area contributed by atoms with Crippen molar-refractivity contribution in [1.29, 1.82) is 0 Å². The van der Waals surface area contributed by atoms with Gasteiger partial charge in [-0.15, -0.1) is 0 Å². The van der Waals surface area contributed by atoms with Crippen LogP contribution in [-0.2, 0) is 5.54 Å². The maximum atomic E-state index is 12.7. The summed E-state index contributed by atoms with van der Waals surface area (Å²) in [6.07, 6.45) is 3.86. The van der Waals surface area contributed by atoms with E-state index in [1.807, 2.05) is 29.3 Å². The second kappa shape index (κ2) is 6.39. The minimum Gasteiger partial charge on any atom is -0.353 e. The van der Waals surface area contributed by atoms with Gasteiger partial charge in [-0.2, -0.15) is 0 Å². The molecule has 1 N–H and O–H groups in total. The highest BCUT2D eigenvalue weighted by atomic mass is 16.2. The maximum Gasteiger partial charge on any atom is 0.318 e. The number of aromatic nitrogens is 1. The Bertz CT molecular complexity index is 732. The highest BCUT2D eigenvalue weighted by Gasteiger charge is 2.46. The van der Waals surface area contributed by atoms with Crippen LogP contribution in [0, 0.1) is 6.92 Å². The first-order chi connectivity index (χ1) is 12.2. The van der Waals surface area contributed by atoms with Crippen LogP contribution in [0.15, 0.2) is 48.7 Å². The highest BCUT2D eigenvalue weighted by molar-refractivity contribution is 5.76. The van der Waals surface area contributed by atoms with E-state index in [0.29, 0.717) is 0 Å². The molecule has 5 nitrogen and oxygen atoms in total. The quantitative estimate of drug-likeness (QED) is 0.937. The van der Waals surface area contributed by atoms with Crippen molar-refractivity contribution in [3.63, 3.8) is 0 Å². The van der Waals surface area contributed by atoms with Gasteiger partial charge in [0, 0.05) is 32.4 Å². The topological polar surface area (TPSA) is 48.5 Å². The van der Waals surface area contributed by atoms with E-state index in [4.69, 9.17) is 0 Å². The number of hydrogen-bond donors (Lipinski definition) is 1. The van der Waals surface area contributed by atoms with Gasteiger partial charge < -0.3 is 15.1 Å². The highest BCUT2D eigenvalue weighted by Crippen LogP contribution is 2.45. The van der Waals surface area contributed by atoms with E-state index in [2.05, 4.69) is 46.4 Å². The van der Waals surface area contributed by atoms with Gasteiger partial charge >= 0.3 is 6.03 Å². The smallest absolute Gasteiger partial charge is 0.318 e. The Morgan fingerprint density at radius 2 is 1.76 bits per heavy atom. The van der Waals surface area contributed by atoms with Gasteiger partial charge in [-0.1, -0.05) is 35.9 Å². The van der Waals surface area contributed by atoms with E-state index in [1.54, 1.807) is 0 Å². The minimum absolute atomic E-state index is 0.0544. The summed E-state index contributed by atoms with van der Waals surface area (Å²) in [6.45, 7) is 5.19. The van der Waals surface area contributed by atoms with Crippen molar-refractivity contribution in [3.8, 4) is 0 Å². The van der Waals surface area contributed by atoms with E-state index in [1.165, 1.54) is 11.1 Å². The van der Waals surface area contributed by atoms with Crippen molar-refractivity contribution in [1.82, 2.24) is 15.2 Å². The van der Waals surface area contributed by atoms with Crippen LogP contribution in [0.5, 0.6) is 0 Å². The number of aryl methyl sites for hydroxylation is 1. The van der Waals surface area contributed by atoms with Gasteiger partial charge in [0.15, 0.2) is 0 Å². The van der Waals surface area contributed by atoms with Crippen LogP contribution in [-0.4, -0.2) is 42.1 Å². The fourth-order valence-electron chi connectivity index (χ4n) is 3.45. The Hall–Kier alpha value is -2.56. The van der Waals surface area contributed by atoms with Crippen LogP contribution >= 0.6 is 0 Å². The fourth-order valence-corrected chi connectivity index (χ4v) is 3.45. The minimum atomic E-state index is -0.150. The van der Waals surface area contributed by atoms with Crippen LogP contribution in [0.1, 0.15) is 24.0 Å². The third-order valence-corrected chi connectivity index (χ3v) is 5.24. The second-order valence-electron chi connectivity index (χ2n) is 7.04. The third kappa shape index (κ3) is 3.31. The zero-order valence-corrected chi connectivity index (χ0v) is 14.6. The van der Waals surface area contributed by atoms with Crippen LogP contribution in [0.3, 0.4) is 0 Å². The number of carbonyl (C=O) groups is 1. The average Bonchev–Trinajstić information content (AvgIpc) is 3.43. The Kier molecular flexibility index (Phi) is 4.07. The third-order valence-electron chi connectivity index (χ3n) is 5.24. The van der Waals surface area contributed by atoms with E-state index in [9.17, 15) is 4.79 Å². The summed E-state index contributed by atoms with van der Waals surface area (Å²) in [4.78, 5) is 21.3. The van der Waals surface area contributed by atoms with Crippen molar-refractivity contribution in [2.24, 2.45) is 0 Å². The molecule has 4 rings (SSSR count). The predicted octanol–water partition coefficient (Wildman–Crippen LogP) is 2.91. The van der Waals surface area contributed by atoms with Crippen molar-refractivity contribution in [3.05, 3.63) is 59.8 Å². The molecule has 2 heterocycles. The lowest BCUT2D eigenvalue weighted by Crippen LogP contribution is -2.53. The van der Waals surface area contributed by atoms with Crippen LogP contribution < -0.4 is 10.2 Å². The SMILES string of the molecule is Cc1ccc(C2(NC(=O)N3CCN(c4ccccn4)CC3)CC2)cc1. The molecule has 0 atom stereocenters. The number of piperazine rings is 1. The summed E-state index contributed by atoms with van der Waals surface area (Å²) >= 11 is 0. The Morgan fingerprint density at radius 1 is 1.04 bits per heavy atom. The van der Waals surface area contributed by atoms with Gasteiger partial charge in [-0.05, 0) is 37.5 Å². The van der Waals surface area contributed by atoms with Gasteiger partial charge in [-0.3, -0.25) is 0 Å². The molecular formula is C20H24N4O. The summed E-state index contributed by atoms with van der Waals surface area (Å²) in [5, 5.41) is 3.28. The summed E-state index contributed by atoms with van der Waals surface area (Å²) < 4.78 is 0. The molecule has 0 spiro atoms. The van der Waals surface area contributed by atoms with E-state index >= 15 is 0 Å². The first-order valence-electron chi connectivity index (χ1n) is 8.97. The number of rotatable bonds is 3. The number of hydrogen-bond acceptors (Lipinski definition) is 3. The Balaban J connectivity index is 1.36. The van der Waals surface area contributed by atoms with Crippen molar-refractivity contribution >= 4 is 11.8 Å². The Labute approximate surface area is 148 Å². The first kappa shape index (κ1) is 15.9. The molecule has 0 unspecified atom stereocenters. The van der Waals surface area contributed by atoms with Gasteiger partial charge in [0.1, 0.15) is 5.82 Å². The molecule has 2 amide bonds. The molecule has 130 valence electrons. The number of anilines is 1. The normalized spacial score (nSPS) is 18.8. The monoisotopic (exact) mass is 336 g/mol. The fraction of sp³-hybridized carbons (Fsp3) is 0.400. The zero-order valence-electron chi connectivity index (χ0n) is 14.6. The van der Waals surface area contributed by atoms with Crippen molar-refractivity contribution < 1.29 is 4.79 Å². The molecule has 1 saturated carbocycles. The first-order valence-corrected chi connectivity index (χ1v) is 8.97. The number of pyridine rings is 1. The maximum absolute atomic E-state index is 12.7. The number of nitrogens with zero attached hydrogens (tertiary/aromatic N) is 3. The van der Waals surface area contributed by atoms with Gasteiger partial charge in [-0.25, -0.2) is 9.78 Å². The molecule has 2 aliphatic rings. The summed E-state index contributed by atoms with van der Waals surface area (Å²) in [7, 11) is 0. The Morgan fingerprint density at radius 3 is 2.36 bits per heavy atom. The van der Waals surface area contributed by atoms with Gasteiger partial charge in [0.2, 0.25) is 0 Å². The number of nitrogens with one attached hydrogen (secondary N) is 1. The predicted molar refractivity (Wildman–Crippen MR) is 98.6 cm³/mol. The lowest BCUT2D eigenvalue weighted by Gasteiger charge is -2.36. The number of carbonyl (C=O) groups excluding carboxylic acids is 1. The zero-order chi connectivity index (χ0) is 17.3. The average molecular weight is 336 g/mol. The molecule has 5 heteroatoms. The number of amides is 2. The summed E-state index contributed by atoms with van der Waals surface area (Å²) in [5.41, 5.74) is 2.32. The van der Waals surface area contributed by atoms with Crippen molar-refractivity contribution in [2.45, 2.75) is 25.3 Å². The van der Waals surface area contributed by atoms with Crippen LogP contribution in [0.2, 0.25) is 0 Å². The molecule has 0 bridgehead atoms. The van der Waals surface area contributed by atoms with Gasteiger partial charge in [0.25, 0.3) is 0 Å². The molecule has 1 aliphatic heterocycles. The van der Waals surface area contributed by atoms with Crippen LogP contribution in [0.4, 0.5) is 10.6 Å². The number of urea groups is 1. The van der Waals surface area contributed by atoms with Crippen molar-refractivity contribution in [2.75, 3.05) is 31.1 Å². The summed E-state index contributed by atoms with van der Waals surface area (Å²) in [6, 6.07) is 14.5. The molecule has 1 saturated heterocycles. The number of benzene rings is 1.